The quantitative estimate of drug-likeness (QED) is 0.490. The first kappa shape index (κ1) is 13.9. The second-order valence-electron chi connectivity index (χ2n) is 4.39. The molecule has 1 rings (SSSR count). The van der Waals surface area contributed by atoms with Gasteiger partial charge in [0.2, 0.25) is 0 Å². The summed E-state index contributed by atoms with van der Waals surface area (Å²) in [5.41, 5.74) is 0.880. The molecule has 0 unspecified atom stereocenters. The van der Waals surface area contributed by atoms with E-state index in [0.29, 0.717) is 15.6 Å². The van der Waals surface area contributed by atoms with E-state index in [1.807, 2.05) is 27.7 Å². The highest BCUT2D eigenvalue weighted by atomic mass is 79.9. The molecule has 0 N–H and O–H groups in total. The van der Waals surface area contributed by atoms with Crippen LogP contribution in [0.4, 0.5) is 8.78 Å². The van der Waals surface area contributed by atoms with Gasteiger partial charge in [-0.3, -0.25) is 0 Å². The molecule has 4 heteroatoms. The molecule has 0 aliphatic rings. The fourth-order valence-electron chi connectivity index (χ4n) is 1.68. The molecule has 0 fully saturated rings. The van der Waals surface area contributed by atoms with Crippen LogP contribution < -0.4 is 0 Å². The van der Waals surface area contributed by atoms with Gasteiger partial charge >= 0.3 is 0 Å². The molecular weight excluding hydrogens is 297 g/mol. The summed E-state index contributed by atoms with van der Waals surface area (Å²) in [6, 6.07) is 0. The van der Waals surface area contributed by atoms with Crippen LogP contribution in [0.5, 0.6) is 0 Å². The molecule has 0 amide bonds. The van der Waals surface area contributed by atoms with Crippen LogP contribution >= 0.6 is 27.5 Å². The van der Waals surface area contributed by atoms with Crippen LogP contribution in [0, 0.1) is 11.6 Å². The van der Waals surface area contributed by atoms with Gasteiger partial charge in [0.05, 0.1) is 0 Å². The largest absolute Gasteiger partial charge is 0.205 e. The van der Waals surface area contributed by atoms with Gasteiger partial charge in [-0.2, -0.15) is 0 Å². The fourth-order valence-corrected chi connectivity index (χ4v) is 3.15. The van der Waals surface area contributed by atoms with Gasteiger partial charge in [0.15, 0.2) is 0 Å². The maximum Gasteiger partial charge on any atom is 0.149 e. The molecule has 0 saturated heterocycles. The SMILES string of the molecule is CC(C)c1c(F)c(Cl)c(F)c(C(C)C)c1Br. The summed E-state index contributed by atoms with van der Waals surface area (Å²) in [6.45, 7) is 7.39. The molecule has 0 atom stereocenters. The average Bonchev–Trinajstić information content (AvgIpc) is 2.13. The standard InChI is InChI=1S/C12H14BrClF2/c1-5(2)7-9(13)8(6(3)4)12(16)10(14)11(7)15/h5-6H,1-4H3. The van der Waals surface area contributed by atoms with E-state index in [0.717, 1.165) is 0 Å². The van der Waals surface area contributed by atoms with Crippen LogP contribution in [-0.2, 0) is 0 Å². The third kappa shape index (κ3) is 2.25. The summed E-state index contributed by atoms with van der Waals surface area (Å²) in [5.74, 6) is -1.43. The lowest BCUT2D eigenvalue weighted by atomic mass is 9.94. The van der Waals surface area contributed by atoms with Gasteiger partial charge in [0, 0.05) is 15.6 Å². The van der Waals surface area contributed by atoms with Gasteiger partial charge in [0.25, 0.3) is 0 Å². The lowest BCUT2D eigenvalue weighted by molar-refractivity contribution is 0.547. The van der Waals surface area contributed by atoms with Gasteiger partial charge in [-0.1, -0.05) is 39.3 Å². The molecule has 16 heavy (non-hydrogen) atoms. The van der Waals surface area contributed by atoms with E-state index in [1.165, 1.54) is 0 Å². The number of hydrogen-bond acceptors (Lipinski definition) is 0. The van der Waals surface area contributed by atoms with Crippen molar-refractivity contribution in [3.8, 4) is 0 Å². The van der Waals surface area contributed by atoms with Crippen molar-refractivity contribution >= 4 is 27.5 Å². The predicted molar refractivity (Wildman–Crippen MR) is 67.2 cm³/mol. The Hall–Kier alpha value is -0.150. The van der Waals surface area contributed by atoms with Crippen LogP contribution in [0.2, 0.25) is 5.02 Å². The topological polar surface area (TPSA) is 0 Å². The highest BCUT2D eigenvalue weighted by Crippen LogP contribution is 2.40. The zero-order valence-corrected chi connectivity index (χ0v) is 12.0. The molecule has 90 valence electrons. The zero-order valence-electron chi connectivity index (χ0n) is 9.67. The lowest BCUT2D eigenvalue weighted by Crippen LogP contribution is -2.05. The van der Waals surface area contributed by atoms with E-state index in [1.54, 1.807) is 0 Å². The van der Waals surface area contributed by atoms with E-state index in [-0.39, 0.29) is 11.8 Å². The van der Waals surface area contributed by atoms with E-state index < -0.39 is 16.7 Å². The maximum absolute atomic E-state index is 13.8. The van der Waals surface area contributed by atoms with Crippen LogP contribution in [0.1, 0.15) is 50.7 Å². The van der Waals surface area contributed by atoms with Crippen molar-refractivity contribution in [2.75, 3.05) is 0 Å². The van der Waals surface area contributed by atoms with Crippen molar-refractivity contribution in [1.29, 1.82) is 0 Å². The molecule has 0 nitrogen and oxygen atoms in total. The Balaban J connectivity index is 3.66. The van der Waals surface area contributed by atoms with Crippen molar-refractivity contribution in [2.45, 2.75) is 39.5 Å². The van der Waals surface area contributed by atoms with Crippen LogP contribution in [-0.4, -0.2) is 0 Å². The van der Waals surface area contributed by atoms with Crippen molar-refractivity contribution in [3.05, 3.63) is 32.3 Å². The monoisotopic (exact) mass is 310 g/mol. The second-order valence-corrected chi connectivity index (χ2v) is 5.56. The maximum atomic E-state index is 13.8. The smallest absolute Gasteiger partial charge is 0.149 e. The van der Waals surface area contributed by atoms with Crippen LogP contribution in [0.25, 0.3) is 0 Å². The summed E-state index contributed by atoms with van der Waals surface area (Å²) in [7, 11) is 0. The van der Waals surface area contributed by atoms with E-state index in [4.69, 9.17) is 11.6 Å². The van der Waals surface area contributed by atoms with Crippen molar-refractivity contribution < 1.29 is 8.78 Å². The molecule has 0 bridgehead atoms. The minimum absolute atomic E-state index is 0.0509. The van der Waals surface area contributed by atoms with Crippen molar-refractivity contribution in [3.63, 3.8) is 0 Å². The first-order valence-electron chi connectivity index (χ1n) is 5.14. The Kier molecular flexibility index (Phi) is 4.35. The summed E-state index contributed by atoms with van der Waals surface area (Å²) in [6.07, 6.45) is 0. The summed E-state index contributed by atoms with van der Waals surface area (Å²) in [4.78, 5) is 0. The average molecular weight is 312 g/mol. The minimum Gasteiger partial charge on any atom is -0.205 e. The third-order valence-electron chi connectivity index (χ3n) is 2.49. The molecule has 0 heterocycles. The summed E-state index contributed by atoms with van der Waals surface area (Å²) < 4.78 is 28.1. The van der Waals surface area contributed by atoms with Crippen LogP contribution in [0.15, 0.2) is 4.47 Å². The van der Waals surface area contributed by atoms with Gasteiger partial charge < -0.3 is 0 Å². The first-order chi connectivity index (χ1) is 7.29. The minimum atomic E-state index is -0.662. The normalized spacial score (nSPS) is 11.6. The zero-order chi connectivity index (χ0) is 12.6. The van der Waals surface area contributed by atoms with Gasteiger partial charge in [-0.05, 0) is 27.8 Å². The second kappa shape index (κ2) is 5.01. The van der Waals surface area contributed by atoms with Gasteiger partial charge in [0.1, 0.15) is 16.7 Å². The Morgan fingerprint density at radius 1 is 0.938 bits per heavy atom. The summed E-state index contributed by atoms with van der Waals surface area (Å²) >= 11 is 8.96. The number of halogens is 4. The van der Waals surface area contributed by atoms with Gasteiger partial charge in [-0.15, -0.1) is 0 Å². The van der Waals surface area contributed by atoms with E-state index in [9.17, 15) is 8.78 Å². The molecule has 1 aromatic carbocycles. The lowest BCUT2D eigenvalue weighted by Gasteiger charge is -2.18. The van der Waals surface area contributed by atoms with Crippen LogP contribution in [0.3, 0.4) is 0 Å². The molecule has 0 aliphatic heterocycles. The Bertz CT molecular complexity index is 379. The first-order valence-corrected chi connectivity index (χ1v) is 6.31. The van der Waals surface area contributed by atoms with Crippen molar-refractivity contribution in [2.24, 2.45) is 0 Å². The summed E-state index contributed by atoms with van der Waals surface area (Å²) in [5, 5.41) is -0.407. The predicted octanol–water partition coefficient (Wildman–Crippen LogP) is 5.63. The number of rotatable bonds is 2. The highest BCUT2D eigenvalue weighted by Gasteiger charge is 2.25. The molecule has 0 radical (unpaired) electrons. The van der Waals surface area contributed by atoms with Gasteiger partial charge in [-0.25, -0.2) is 8.78 Å². The molecule has 0 spiro atoms. The molecular formula is C12H14BrClF2. The molecule has 0 aliphatic carbocycles. The Labute approximate surface area is 108 Å². The Morgan fingerprint density at radius 3 is 1.50 bits per heavy atom. The van der Waals surface area contributed by atoms with Crippen molar-refractivity contribution in [1.82, 2.24) is 0 Å². The number of hydrogen-bond donors (Lipinski definition) is 0. The van der Waals surface area contributed by atoms with E-state index >= 15 is 0 Å². The molecule has 0 saturated carbocycles. The number of benzene rings is 1. The fraction of sp³-hybridized carbons (Fsp3) is 0.500. The highest BCUT2D eigenvalue weighted by molar-refractivity contribution is 9.10. The van der Waals surface area contributed by atoms with E-state index in [2.05, 4.69) is 15.9 Å². The third-order valence-corrected chi connectivity index (χ3v) is 3.67. The molecule has 1 aromatic rings. The Morgan fingerprint density at radius 2 is 1.25 bits per heavy atom. The molecule has 0 aromatic heterocycles.